The Kier molecular flexibility index (Phi) is 3.94. The largest absolute Gasteiger partial charge is 0.0654 e. The monoisotopic (exact) mass is 113 g/mol. The normalized spacial score (nSPS) is 14.6. The topological polar surface area (TPSA) is 0 Å². The second kappa shape index (κ2) is 3.94. The van der Waals surface area contributed by atoms with Crippen LogP contribution in [-0.2, 0) is 0 Å². The van der Waals surface area contributed by atoms with E-state index in [1.54, 1.807) is 0 Å². The van der Waals surface area contributed by atoms with Crippen LogP contribution in [0, 0.1) is 18.8 Å². The Hall–Kier alpha value is 0. The Bertz CT molecular complexity index is 46.0. The summed E-state index contributed by atoms with van der Waals surface area (Å²) in [6.45, 7) is 10.7. The zero-order valence-corrected chi connectivity index (χ0v) is 6.28. The quantitative estimate of drug-likeness (QED) is 0.528. The molecule has 0 heteroatoms. The maximum Gasteiger partial charge on any atom is -0.0391 e. The SMILES string of the molecule is [CH2]C(CCC)C(C)C. The molecule has 0 aromatic carbocycles. The number of hydrogen-bond acceptors (Lipinski definition) is 0. The fourth-order valence-electron chi connectivity index (χ4n) is 0.704. The fourth-order valence-corrected chi connectivity index (χ4v) is 0.704. The molecule has 0 aliphatic heterocycles. The van der Waals surface area contributed by atoms with Crippen molar-refractivity contribution in [3.63, 3.8) is 0 Å². The summed E-state index contributed by atoms with van der Waals surface area (Å²) in [6.07, 6.45) is 2.55. The molecule has 0 rings (SSSR count). The zero-order chi connectivity index (χ0) is 6.57. The molecule has 0 saturated carbocycles. The van der Waals surface area contributed by atoms with Gasteiger partial charge < -0.3 is 0 Å². The van der Waals surface area contributed by atoms with Crippen LogP contribution >= 0.6 is 0 Å². The molecule has 0 aliphatic rings. The van der Waals surface area contributed by atoms with Gasteiger partial charge in [0.05, 0.1) is 0 Å². The lowest BCUT2D eigenvalue weighted by molar-refractivity contribution is 0.429. The molecule has 8 heavy (non-hydrogen) atoms. The average molecular weight is 113 g/mol. The van der Waals surface area contributed by atoms with E-state index in [1.807, 2.05) is 0 Å². The van der Waals surface area contributed by atoms with Crippen molar-refractivity contribution in [2.75, 3.05) is 0 Å². The summed E-state index contributed by atoms with van der Waals surface area (Å²) >= 11 is 0. The van der Waals surface area contributed by atoms with Gasteiger partial charge in [-0.25, -0.2) is 0 Å². The second-order valence-corrected chi connectivity index (χ2v) is 2.79. The van der Waals surface area contributed by atoms with Crippen LogP contribution in [0.25, 0.3) is 0 Å². The lowest BCUT2D eigenvalue weighted by atomic mass is 9.94. The molecule has 0 fully saturated rings. The van der Waals surface area contributed by atoms with E-state index < -0.39 is 0 Å². The van der Waals surface area contributed by atoms with Crippen LogP contribution in [0.2, 0.25) is 0 Å². The van der Waals surface area contributed by atoms with Gasteiger partial charge in [-0.1, -0.05) is 33.6 Å². The van der Waals surface area contributed by atoms with Gasteiger partial charge in [-0.05, 0) is 18.8 Å². The molecule has 0 nitrogen and oxygen atoms in total. The van der Waals surface area contributed by atoms with Crippen molar-refractivity contribution in [2.24, 2.45) is 11.8 Å². The van der Waals surface area contributed by atoms with Crippen molar-refractivity contribution in [1.82, 2.24) is 0 Å². The smallest absolute Gasteiger partial charge is 0.0391 e. The molecule has 1 unspecified atom stereocenters. The van der Waals surface area contributed by atoms with E-state index in [2.05, 4.69) is 27.7 Å². The van der Waals surface area contributed by atoms with Gasteiger partial charge in [0.15, 0.2) is 0 Å². The van der Waals surface area contributed by atoms with E-state index in [1.165, 1.54) is 12.8 Å². The summed E-state index contributed by atoms with van der Waals surface area (Å²) < 4.78 is 0. The standard InChI is InChI=1S/C8H17/c1-5-6-8(4)7(2)3/h7-8H,4-6H2,1-3H3. The summed E-state index contributed by atoms with van der Waals surface area (Å²) in [5, 5.41) is 0. The Morgan fingerprint density at radius 2 is 1.88 bits per heavy atom. The summed E-state index contributed by atoms with van der Waals surface area (Å²) in [5.41, 5.74) is 0. The average Bonchev–Trinajstić information content (AvgIpc) is 1.67. The van der Waals surface area contributed by atoms with Crippen molar-refractivity contribution >= 4 is 0 Å². The molecule has 0 amide bonds. The molecule has 1 atom stereocenters. The molecule has 0 saturated heterocycles. The summed E-state index contributed by atoms with van der Waals surface area (Å²) in [5.74, 6) is 1.43. The van der Waals surface area contributed by atoms with Crippen molar-refractivity contribution in [3.8, 4) is 0 Å². The maximum absolute atomic E-state index is 4.03. The molecule has 49 valence electrons. The van der Waals surface area contributed by atoms with Crippen LogP contribution < -0.4 is 0 Å². The highest BCUT2D eigenvalue weighted by Gasteiger charge is 2.03. The van der Waals surface area contributed by atoms with E-state index in [0.717, 1.165) is 5.92 Å². The van der Waals surface area contributed by atoms with E-state index in [-0.39, 0.29) is 0 Å². The van der Waals surface area contributed by atoms with Gasteiger partial charge in [0.2, 0.25) is 0 Å². The highest BCUT2D eigenvalue weighted by molar-refractivity contribution is 4.63. The number of rotatable bonds is 3. The molecular formula is C8H17. The maximum atomic E-state index is 4.03. The molecule has 0 heterocycles. The van der Waals surface area contributed by atoms with Crippen LogP contribution in [0.4, 0.5) is 0 Å². The number of hydrogen-bond donors (Lipinski definition) is 0. The molecular weight excluding hydrogens is 96.1 g/mol. The third-order valence-electron chi connectivity index (χ3n) is 1.60. The van der Waals surface area contributed by atoms with E-state index in [0.29, 0.717) is 5.92 Å². The first-order valence-corrected chi connectivity index (χ1v) is 3.51. The van der Waals surface area contributed by atoms with Gasteiger partial charge in [-0.3, -0.25) is 0 Å². The fraction of sp³-hybridized carbons (Fsp3) is 0.875. The zero-order valence-electron chi connectivity index (χ0n) is 6.28. The molecule has 1 radical (unpaired) electrons. The molecule has 0 spiro atoms. The minimum absolute atomic E-state index is 0.667. The highest BCUT2D eigenvalue weighted by atomic mass is 14.1. The van der Waals surface area contributed by atoms with E-state index >= 15 is 0 Å². The lowest BCUT2D eigenvalue weighted by Crippen LogP contribution is -2.02. The van der Waals surface area contributed by atoms with Gasteiger partial charge >= 0.3 is 0 Å². The van der Waals surface area contributed by atoms with Gasteiger partial charge in [0.1, 0.15) is 0 Å². The van der Waals surface area contributed by atoms with Gasteiger partial charge in [-0.2, -0.15) is 0 Å². The summed E-state index contributed by atoms with van der Waals surface area (Å²) in [4.78, 5) is 0. The molecule has 0 aromatic heterocycles. The molecule has 0 N–H and O–H groups in total. The summed E-state index contributed by atoms with van der Waals surface area (Å²) in [7, 11) is 0. The second-order valence-electron chi connectivity index (χ2n) is 2.79. The van der Waals surface area contributed by atoms with Crippen molar-refractivity contribution in [1.29, 1.82) is 0 Å². The van der Waals surface area contributed by atoms with Gasteiger partial charge in [0, 0.05) is 0 Å². The van der Waals surface area contributed by atoms with Crippen LogP contribution in [0.15, 0.2) is 0 Å². The van der Waals surface area contributed by atoms with E-state index in [9.17, 15) is 0 Å². The van der Waals surface area contributed by atoms with Crippen LogP contribution in [0.1, 0.15) is 33.6 Å². The third kappa shape index (κ3) is 3.06. The van der Waals surface area contributed by atoms with Crippen molar-refractivity contribution in [3.05, 3.63) is 6.92 Å². The Balaban J connectivity index is 3.17. The first-order valence-electron chi connectivity index (χ1n) is 3.51. The van der Waals surface area contributed by atoms with Crippen LogP contribution in [-0.4, -0.2) is 0 Å². The summed E-state index contributed by atoms with van der Waals surface area (Å²) in [6, 6.07) is 0. The minimum atomic E-state index is 0.667. The molecule has 0 bridgehead atoms. The molecule has 0 aromatic rings. The van der Waals surface area contributed by atoms with Gasteiger partial charge in [0.25, 0.3) is 0 Å². The lowest BCUT2D eigenvalue weighted by Gasteiger charge is -2.12. The Morgan fingerprint density at radius 3 is 2.00 bits per heavy atom. The predicted octanol–water partition coefficient (Wildman–Crippen LogP) is 2.89. The van der Waals surface area contributed by atoms with E-state index in [4.69, 9.17) is 0 Å². The van der Waals surface area contributed by atoms with Gasteiger partial charge in [-0.15, -0.1) is 0 Å². The third-order valence-corrected chi connectivity index (χ3v) is 1.60. The van der Waals surface area contributed by atoms with Crippen LogP contribution in [0.3, 0.4) is 0 Å². The minimum Gasteiger partial charge on any atom is -0.0654 e. The first-order chi connectivity index (χ1) is 3.68. The van der Waals surface area contributed by atoms with Crippen LogP contribution in [0.5, 0.6) is 0 Å². The Labute approximate surface area is 53.3 Å². The first kappa shape index (κ1) is 8.00. The van der Waals surface area contributed by atoms with Crippen molar-refractivity contribution in [2.45, 2.75) is 33.6 Å². The highest BCUT2D eigenvalue weighted by Crippen LogP contribution is 2.14. The van der Waals surface area contributed by atoms with Crippen molar-refractivity contribution < 1.29 is 0 Å². The molecule has 0 aliphatic carbocycles. The Morgan fingerprint density at radius 1 is 1.38 bits per heavy atom. The predicted molar refractivity (Wildman–Crippen MR) is 38.6 cm³/mol.